The van der Waals surface area contributed by atoms with Crippen molar-refractivity contribution in [1.29, 1.82) is 0 Å². The Morgan fingerprint density at radius 3 is 2.90 bits per heavy atom. The fourth-order valence-electron chi connectivity index (χ4n) is 3.77. The molecule has 0 bridgehead atoms. The molecule has 10 heteroatoms. The summed E-state index contributed by atoms with van der Waals surface area (Å²) in [5.74, 6) is -0.421. The number of alkyl halides is 1. The number of carbonyl (C=O) groups is 1. The largest absolute Gasteiger partial charge is 0.480 e. The number of aliphatic carboxylic acids is 1. The smallest absolute Gasteiger partial charge is 0.325 e. The van der Waals surface area contributed by atoms with Crippen molar-refractivity contribution in [2.45, 2.75) is 36.8 Å². The van der Waals surface area contributed by atoms with Crippen LogP contribution in [0.1, 0.15) is 18.9 Å². The minimum Gasteiger partial charge on any atom is -0.480 e. The Morgan fingerprint density at radius 1 is 1.37 bits per heavy atom. The van der Waals surface area contributed by atoms with Gasteiger partial charge in [0, 0.05) is 30.7 Å². The van der Waals surface area contributed by atoms with Gasteiger partial charge in [-0.15, -0.1) is 22.9 Å². The number of carboxylic acid groups (broad SMARTS) is 1. The molecule has 2 N–H and O–H groups in total. The zero-order valence-corrected chi connectivity index (χ0v) is 19.1. The van der Waals surface area contributed by atoms with Gasteiger partial charge in [-0.3, -0.25) is 10.1 Å². The van der Waals surface area contributed by atoms with Crippen LogP contribution in [0.3, 0.4) is 0 Å². The molecule has 1 aromatic carbocycles. The predicted molar refractivity (Wildman–Crippen MR) is 122 cm³/mol. The van der Waals surface area contributed by atoms with Crippen molar-refractivity contribution in [1.82, 2.24) is 15.3 Å². The molecule has 0 saturated carbocycles. The van der Waals surface area contributed by atoms with E-state index in [9.17, 15) is 9.90 Å². The van der Waals surface area contributed by atoms with Crippen molar-refractivity contribution in [2.75, 3.05) is 11.4 Å². The van der Waals surface area contributed by atoms with Gasteiger partial charge in [0.05, 0.1) is 15.4 Å². The van der Waals surface area contributed by atoms with Gasteiger partial charge in [0.1, 0.15) is 10.4 Å². The van der Waals surface area contributed by atoms with Gasteiger partial charge in [-0.05, 0) is 42.5 Å². The highest BCUT2D eigenvalue weighted by Crippen LogP contribution is 2.35. The van der Waals surface area contributed by atoms with Crippen molar-refractivity contribution >= 4 is 68.3 Å². The molecule has 1 fully saturated rings. The van der Waals surface area contributed by atoms with E-state index in [2.05, 4.69) is 15.3 Å². The van der Waals surface area contributed by atoms with Crippen LogP contribution in [0.4, 0.5) is 5.95 Å². The lowest BCUT2D eigenvalue weighted by Gasteiger charge is -2.47. The molecule has 0 aliphatic carbocycles. The molecule has 3 heterocycles. The first-order chi connectivity index (χ1) is 14.3. The van der Waals surface area contributed by atoms with Crippen LogP contribution in [0.2, 0.25) is 10.0 Å². The second-order valence-corrected chi connectivity index (χ2v) is 9.49. The minimum absolute atomic E-state index is 0.296. The lowest BCUT2D eigenvalue weighted by atomic mass is 9.82. The number of halogens is 3. The average Bonchev–Trinajstić information content (AvgIpc) is 3.19. The summed E-state index contributed by atoms with van der Waals surface area (Å²) < 4.78 is 0. The van der Waals surface area contributed by atoms with Crippen LogP contribution in [0.15, 0.2) is 35.8 Å². The summed E-state index contributed by atoms with van der Waals surface area (Å²) >= 11 is 20.4. The minimum atomic E-state index is -1.30. The summed E-state index contributed by atoms with van der Waals surface area (Å²) in [4.78, 5) is 24.3. The Bertz CT molecular complexity index is 1090. The van der Waals surface area contributed by atoms with Gasteiger partial charge in [0.25, 0.3) is 0 Å². The molecular formula is C20H19Cl3N4O2S. The fraction of sp³-hybridized carbons (Fsp3) is 0.350. The summed E-state index contributed by atoms with van der Waals surface area (Å²) in [6.45, 7) is 2.66. The van der Waals surface area contributed by atoms with Crippen LogP contribution >= 0.6 is 46.1 Å². The molecule has 3 unspecified atom stereocenters. The summed E-state index contributed by atoms with van der Waals surface area (Å²) in [5, 5.41) is 16.4. The fourth-order valence-corrected chi connectivity index (χ4v) is 5.24. The molecule has 0 amide bonds. The number of aromatic nitrogens is 2. The molecule has 3 aromatic rings. The Balaban J connectivity index is 1.56. The SMILES string of the molecule is CC1C(Cl)C(NCc2ccc(Cl)c(Cl)c2)(C(=O)O)CCN1c1ncc2ccsc2n1. The van der Waals surface area contributed by atoms with E-state index in [-0.39, 0.29) is 6.04 Å². The molecule has 0 radical (unpaired) electrons. The topological polar surface area (TPSA) is 78.4 Å². The summed E-state index contributed by atoms with van der Waals surface area (Å²) in [7, 11) is 0. The molecular weight excluding hydrogens is 467 g/mol. The van der Waals surface area contributed by atoms with E-state index in [0.29, 0.717) is 35.5 Å². The first-order valence-corrected chi connectivity index (χ1v) is 11.4. The number of nitrogens with one attached hydrogen (secondary N) is 1. The first-order valence-electron chi connectivity index (χ1n) is 9.35. The van der Waals surface area contributed by atoms with Crippen LogP contribution in [-0.2, 0) is 11.3 Å². The standard InChI is InChI=1S/C20H19Cl3N4O2S/c1-11-16(23)20(18(28)29,25-9-12-2-3-14(21)15(22)8-12)5-6-27(11)19-24-10-13-4-7-30-17(13)26-19/h2-4,7-8,10-11,16,25H,5-6,9H2,1H3,(H,28,29). The van der Waals surface area contributed by atoms with Gasteiger partial charge in [-0.2, -0.15) is 0 Å². The highest BCUT2D eigenvalue weighted by Gasteiger charge is 2.52. The summed E-state index contributed by atoms with van der Waals surface area (Å²) in [6.07, 6.45) is 2.08. The van der Waals surface area contributed by atoms with Crippen molar-refractivity contribution in [3.63, 3.8) is 0 Å². The van der Waals surface area contributed by atoms with Crippen LogP contribution in [0, 0.1) is 0 Å². The van der Waals surface area contributed by atoms with Crippen LogP contribution < -0.4 is 10.2 Å². The Labute approximate surface area is 192 Å². The van der Waals surface area contributed by atoms with Crippen LogP contribution in [-0.4, -0.2) is 44.5 Å². The highest BCUT2D eigenvalue weighted by molar-refractivity contribution is 7.16. The molecule has 1 saturated heterocycles. The molecule has 4 rings (SSSR count). The second-order valence-electron chi connectivity index (χ2n) is 7.32. The molecule has 2 aromatic heterocycles. The molecule has 158 valence electrons. The van der Waals surface area contributed by atoms with E-state index >= 15 is 0 Å². The molecule has 1 aliphatic heterocycles. The van der Waals surface area contributed by atoms with Crippen molar-refractivity contribution < 1.29 is 9.90 Å². The van der Waals surface area contributed by atoms with E-state index in [4.69, 9.17) is 34.8 Å². The van der Waals surface area contributed by atoms with Gasteiger partial charge < -0.3 is 10.0 Å². The van der Waals surface area contributed by atoms with Gasteiger partial charge in [-0.1, -0.05) is 29.3 Å². The van der Waals surface area contributed by atoms with Gasteiger partial charge >= 0.3 is 5.97 Å². The zero-order chi connectivity index (χ0) is 21.5. The Kier molecular flexibility index (Phi) is 6.10. The van der Waals surface area contributed by atoms with E-state index < -0.39 is 16.9 Å². The number of hydrogen-bond acceptors (Lipinski definition) is 6. The number of rotatable bonds is 5. The highest BCUT2D eigenvalue weighted by atomic mass is 35.5. The van der Waals surface area contributed by atoms with Gasteiger partial charge in [0.15, 0.2) is 0 Å². The molecule has 0 spiro atoms. The monoisotopic (exact) mass is 484 g/mol. The first kappa shape index (κ1) is 21.6. The zero-order valence-electron chi connectivity index (χ0n) is 16.0. The third kappa shape index (κ3) is 3.85. The lowest BCUT2D eigenvalue weighted by Crippen LogP contribution is -2.68. The number of nitrogens with zero attached hydrogens (tertiary/aromatic N) is 3. The van der Waals surface area contributed by atoms with E-state index in [0.717, 1.165) is 15.8 Å². The van der Waals surface area contributed by atoms with Crippen LogP contribution in [0.5, 0.6) is 0 Å². The maximum absolute atomic E-state index is 12.3. The average molecular weight is 486 g/mol. The number of fused-ring (bicyclic) bond motifs is 1. The predicted octanol–water partition coefficient (Wildman–Crippen LogP) is 4.82. The van der Waals surface area contributed by atoms with Gasteiger partial charge in [-0.25, -0.2) is 9.97 Å². The molecule has 6 nitrogen and oxygen atoms in total. The number of carboxylic acids is 1. The number of piperidine rings is 1. The number of benzene rings is 1. The van der Waals surface area contributed by atoms with Crippen molar-refractivity contribution in [2.24, 2.45) is 0 Å². The summed E-state index contributed by atoms with van der Waals surface area (Å²) in [6, 6.07) is 6.89. The van der Waals surface area contributed by atoms with E-state index in [1.807, 2.05) is 29.3 Å². The third-order valence-electron chi connectivity index (χ3n) is 5.56. The number of anilines is 1. The molecule has 1 aliphatic rings. The maximum Gasteiger partial charge on any atom is 0.325 e. The molecule has 30 heavy (non-hydrogen) atoms. The van der Waals surface area contributed by atoms with Gasteiger partial charge in [0.2, 0.25) is 5.95 Å². The third-order valence-corrected chi connectivity index (χ3v) is 7.86. The lowest BCUT2D eigenvalue weighted by molar-refractivity contribution is -0.146. The normalized spacial score (nSPS) is 24.3. The van der Waals surface area contributed by atoms with Crippen molar-refractivity contribution in [3.05, 3.63) is 51.5 Å². The number of hydrogen-bond donors (Lipinski definition) is 2. The quantitative estimate of drug-likeness (QED) is 0.505. The van der Waals surface area contributed by atoms with Crippen LogP contribution in [0.25, 0.3) is 10.2 Å². The van der Waals surface area contributed by atoms with Crippen molar-refractivity contribution in [3.8, 4) is 0 Å². The maximum atomic E-state index is 12.3. The Hall–Kier alpha value is -1.64. The van der Waals surface area contributed by atoms with E-state index in [1.165, 1.54) is 0 Å². The molecule has 3 atom stereocenters. The summed E-state index contributed by atoms with van der Waals surface area (Å²) in [5.41, 5.74) is -0.466. The van der Waals surface area contributed by atoms with E-state index in [1.54, 1.807) is 29.7 Å². The number of thiophene rings is 1. The Morgan fingerprint density at radius 2 is 2.17 bits per heavy atom. The second kappa shape index (κ2) is 8.48.